The predicted molar refractivity (Wildman–Crippen MR) is 118 cm³/mol. The molecular formula is C24H45NO3. The average Bonchev–Trinajstić information content (AvgIpc) is 2.64. The fourth-order valence-corrected chi connectivity index (χ4v) is 3.09. The molecule has 0 aromatic rings. The first kappa shape index (κ1) is 26.7. The summed E-state index contributed by atoms with van der Waals surface area (Å²) in [6, 6.07) is 0. The molecule has 1 amide bonds. The van der Waals surface area contributed by atoms with Gasteiger partial charge in [-0.15, -0.1) is 0 Å². The van der Waals surface area contributed by atoms with E-state index < -0.39 is 0 Å². The maximum absolute atomic E-state index is 11.8. The molecule has 1 atom stereocenters. The Morgan fingerprint density at radius 3 is 1.86 bits per heavy atom. The van der Waals surface area contributed by atoms with Crippen molar-refractivity contribution in [1.29, 1.82) is 0 Å². The van der Waals surface area contributed by atoms with Gasteiger partial charge in [-0.05, 0) is 39.0 Å². The Bertz CT molecular complexity index is 418. The van der Waals surface area contributed by atoms with Gasteiger partial charge in [0, 0.05) is 20.5 Å². The number of hydrogen-bond acceptors (Lipinski definition) is 3. The van der Waals surface area contributed by atoms with E-state index in [1.807, 2.05) is 0 Å². The molecule has 4 heteroatoms. The van der Waals surface area contributed by atoms with Crippen LogP contribution in [-0.2, 0) is 14.3 Å². The highest BCUT2D eigenvalue weighted by Crippen LogP contribution is 2.11. The molecule has 0 aliphatic heterocycles. The number of carbonyl (C=O) groups excluding carboxylic acids is 2. The van der Waals surface area contributed by atoms with E-state index in [1.165, 1.54) is 75.5 Å². The van der Waals surface area contributed by atoms with Crippen molar-refractivity contribution in [3.05, 3.63) is 12.2 Å². The van der Waals surface area contributed by atoms with Crippen molar-refractivity contribution in [2.24, 2.45) is 0 Å². The predicted octanol–water partition coefficient (Wildman–Crippen LogP) is 6.43. The fraction of sp³-hybridized carbons (Fsp3) is 0.833. The summed E-state index contributed by atoms with van der Waals surface area (Å²) in [5.74, 6) is -0.196. The summed E-state index contributed by atoms with van der Waals surface area (Å²) < 4.78 is 5.29. The molecule has 28 heavy (non-hydrogen) atoms. The molecule has 0 aliphatic carbocycles. The van der Waals surface area contributed by atoms with Crippen LogP contribution in [0.4, 0.5) is 0 Å². The number of hydrogen-bond donors (Lipinski definition) is 0. The third kappa shape index (κ3) is 18.1. The SMILES string of the molecule is CCCCCCCC/C=C\CCCCCCCC(=O)OC(C)CC(=O)N(C)C. The highest BCUT2D eigenvalue weighted by Gasteiger charge is 2.14. The molecule has 0 rings (SSSR count). The van der Waals surface area contributed by atoms with Crippen LogP contribution in [0, 0.1) is 0 Å². The molecule has 0 fully saturated rings. The van der Waals surface area contributed by atoms with Crippen molar-refractivity contribution in [3.8, 4) is 0 Å². The van der Waals surface area contributed by atoms with E-state index in [0.717, 1.165) is 12.8 Å². The standard InChI is InChI=1S/C24H45NO3/c1-5-6-7-8-9-10-11-12-13-14-15-16-17-18-19-20-24(27)28-22(2)21-23(26)25(3)4/h12-13,22H,5-11,14-21H2,1-4H3/b13-12-. The quantitative estimate of drug-likeness (QED) is 0.152. The zero-order valence-electron chi connectivity index (χ0n) is 19.0. The molecule has 0 saturated heterocycles. The summed E-state index contributed by atoms with van der Waals surface area (Å²) in [5, 5.41) is 0. The van der Waals surface area contributed by atoms with E-state index >= 15 is 0 Å². The van der Waals surface area contributed by atoms with Gasteiger partial charge in [0.05, 0.1) is 6.42 Å². The summed E-state index contributed by atoms with van der Waals surface area (Å²) in [6.07, 6.45) is 21.2. The van der Waals surface area contributed by atoms with Gasteiger partial charge in [0.1, 0.15) is 6.10 Å². The number of nitrogens with zero attached hydrogens (tertiary/aromatic N) is 1. The van der Waals surface area contributed by atoms with Gasteiger partial charge in [0.25, 0.3) is 0 Å². The first-order valence-corrected chi connectivity index (χ1v) is 11.5. The zero-order chi connectivity index (χ0) is 21.0. The van der Waals surface area contributed by atoms with Gasteiger partial charge >= 0.3 is 5.97 Å². The van der Waals surface area contributed by atoms with Gasteiger partial charge in [0.2, 0.25) is 5.91 Å². The molecule has 0 aliphatic rings. The van der Waals surface area contributed by atoms with Crippen LogP contribution >= 0.6 is 0 Å². The summed E-state index contributed by atoms with van der Waals surface area (Å²) in [7, 11) is 3.42. The number of amides is 1. The van der Waals surface area contributed by atoms with Crippen molar-refractivity contribution < 1.29 is 14.3 Å². The number of carbonyl (C=O) groups is 2. The van der Waals surface area contributed by atoms with Crippen LogP contribution in [0.1, 0.15) is 110 Å². The fourth-order valence-electron chi connectivity index (χ4n) is 3.09. The van der Waals surface area contributed by atoms with Crippen molar-refractivity contribution in [1.82, 2.24) is 4.90 Å². The molecule has 0 radical (unpaired) electrons. The minimum atomic E-state index is -0.342. The van der Waals surface area contributed by atoms with Gasteiger partial charge in [-0.1, -0.05) is 70.4 Å². The zero-order valence-corrected chi connectivity index (χ0v) is 19.0. The maximum atomic E-state index is 11.8. The average molecular weight is 396 g/mol. The van der Waals surface area contributed by atoms with Crippen LogP contribution in [0.15, 0.2) is 12.2 Å². The van der Waals surface area contributed by atoms with E-state index in [4.69, 9.17) is 4.74 Å². The Hall–Kier alpha value is -1.32. The summed E-state index contributed by atoms with van der Waals surface area (Å²) in [4.78, 5) is 24.9. The second-order valence-electron chi connectivity index (χ2n) is 8.13. The molecule has 0 bridgehead atoms. The van der Waals surface area contributed by atoms with Crippen molar-refractivity contribution in [2.75, 3.05) is 14.1 Å². The van der Waals surface area contributed by atoms with Crippen LogP contribution in [0.3, 0.4) is 0 Å². The van der Waals surface area contributed by atoms with Crippen molar-refractivity contribution in [2.45, 2.75) is 116 Å². The Morgan fingerprint density at radius 2 is 1.32 bits per heavy atom. The molecule has 4 nitrogen and oxygen atoms in total. The van der Waals surface area contributed by atoms with Gasteiger partial charge in [0.15, 0.2) is 0 Å². The Labute approximate surface area is 174 Å². The summed E-state index contributed by atoms with van der Waals surface area (Å²) in [6.45, 7) is 4.04. The van der Waals surface area contributed by atoms with Crippen LogP contribution < -0.4 is 0 Å². The lowest BCUT2D eigenvalue weighted by Crippen LogP contribution is -2.27. The Balaban J connectivity index is 3.41. The van der Waals surface area contributed by atoms with Gasteiger partial charge in [-0.25, -0.2) is 0 Å². The molecule has 164 valence electrons. The van der Waals surface area contributed by atoms with E-state index in [0.29, 0.717) is 6.42 Å². The third-order valence-corrected chi connectivity index (χ3v) is 4.94. The molecule has 0 spiro atoms. The second kappa shape index (κ2) is 19.0. The van der Waals surface area contributed by atoms with Crippen LogP contribution in [0.5, 0.6) is 0 Å². The molecule has 0 heterocycles. The van der Waals surface area contributed by atoms with Crippen LogP contribution in [0.2, 0.25) is 0 Å². The van der Waals surface area contributed by atoms with E-state index in [9.17, 15) is 9.59 Å². The molecule has 0 saturated carbocycles. The normalized spacial score (nSPS) is 12.3. The summed E-state index contributed by atoms with van der Waals surface area (Å²) in [5.41, 5.74) is 0. The van der Waals surface area contributed by atoms with Crippen LogP contribution in [-0.4, -0.2) is 37.0 Å². The minimum absolute atomic E-state index is 0.0127. The highest BCUT2D eigenvalue weighted by atomic mass is 16.5. The monoisotopic (exact) mass is 395 g/mol. The highest BCUT2D eigenvalue weighted by molar-refractivity contribution is 5.76. The van der Waals surface area contributed by atoms with E-state index in [1.54, 1.807) is 21.0 Å². The van der Waals surface area contributed by atoms with Gasteiger partial charge in [-0.3, -0.25) is 9.59 Å². The first-order chi connectivity index (χ1) is 13.5. The number of ether oxygens (including phenoxy) is 1. The van der Waals surface area contributed by atoms with Gasteiger partial charge in [-0.2, -0.15) is 0 Å². The maximum Gasteiger partial charge on any atom is 0.306 e. The first-order valence-electron chi connectivity index (χ1n) is 11.5. The number of esters is 1. The molecule has 0 aromatic carbocycles. The lowest BCUT2D eigenvalue weighted by molar-refractivity contribution is -0.150. The number of rotatable bonds is 18. The Kier molecular flexibility index (Phi) is 18.1. The van der Waals surface area contributed by atoms with Gasteiger partial charge < -0.3 is 9.64 Å². The lowest BCUT2D eigenvalue weighted by Gasteiger charge is -2.15. The second-order valence-corrected chi connectivity index (χ2v) is 8.13. The molecule has 1 unspecified atom stereocenters. The smallest absolute Gasteiger partial charge is 0.306 e. The third-order valence-electron chi connectivity index (χ3n) is 4.94. The topological polar surface area (TPSA) is 46.6 Å². The van der Waals surface area contributed by atoms with Crippen LogP contribution in [0.25, 0.3) is 0 Å². The number of unbranched alkanes of at least 4 members (excludes halogenated alkanes) is 11. The minimum Gasteiger partial charge on any atom is -0.462 e. The largest absolute Gasteiger partial charge is 0.462 e. The molecular weight excluding hydrogens is 350 g/mol. The molecule has 0 N–H and O–H groups in total. The van der Waals surface area contributed by atoms with Crippen molar-refractivity contribution >= 4 is 11.9 Å². The van der Waals surface area contributed by atoms with E-state index in [2.05, 4.69) is 19.1 Å². The molecule has 0 aromatic heterocycles. The Morgan fingerprint density at radius 1 is 0.821 bits per heavy atom. The van der Waals surface area contributed by atoms with E-state index in [-0.39, 0.29) is 24.4 Å². The lowest BCUT2D eigenvalue weighted by atomic mass is 10.1. The summed E-state index contributed by atoms with van der Waals surface area (Å²) >= 11 is 0. The number of allylic oxidation sites excluding steroid dienone is 2. The van der Waals surface area contributed by atoms with Crippen molar-refractivity contribution in [3.63, 3.8) is 0 Å².